The molecular weight excluding hydrogens is 268 g/mol. The Kier molecular flexibility index (Phi) is 5.48. The van der Waals surface area contributed by atoms with Crippen molar-refractivity contribution in [2.24, 2.45) is 11.8 Å². The Morgan fingerprint density at radius 3 is 2.48 bits per heavy atom. The van der Waals surface area contributed by atoms with Crippen LogP contribution >= 0.6 is 0 Å². The Labute approximate surface area is 127 Å². The molecule has 2 aliphatic carbocycles. The lowest BCUT2D eigenvalue weighted by Crippen LogP contribution is -2.49. The van der Waals surface area contributed by atoms with Crippen LogP contribution in [0.15, 0.2) is 0 Å². The molecule has 2 saturated carbocycles. The Morgan fingerprint density at radius 1 is 1.10 bits per heavy atom. The fraction of sp³-hybridized carbons (Fsp3) is 0.875. The van der Waals surface area contributed by atoms with Gasteiger partial charge in [-0.25, -0.2) is 4.79 Å². The van der Waals surface area contributed by atoms with Crippen LogP contribution in [0.3, 0.4) is 0 Å². The number of amides is 2. The SMILES string of the molecule is CC1CCCC(N(C)C(=O)NC2CCCC(C(=O)O)C2)C1. The van der Waals surface area contributed by atoms with E-state index in [2.05, 4.69) is 12.2 Å². The van der Waals surface area contributed by atoms with Crippen LogP contribution in [0.1, 0.15) is 58.3 Å². The summed E-state index contributed by atoms with van der Waals surface area (Å²) in [6.45, 7) is 2.25. The summed E-state index contributed by atoms with van der Waals surface area (Å²) in [4.78, 5) is 25.3. The normalized spacial score (nSPS) is 33.2. The molecule has 2 fully saturated rings. The van der Waals surface area contributed by atoms with E-state index in [0.29, 0.717) is 18.4 Å². The van der Waals surface area contributed by atoms with Crippen molar-refractivity contribution in [3.63, 3.8) is 0 Å². The van der Waals surface area contributed by atoms with Crippen LogP contribution in [0.4, 0.5) is 4.79 Å². The van der Waals surface area contributed by atoms with E-state index in [1.807, 2.05) is 11.9 Å². The summed E-state index contributed by atoms with van der Waals surface area (Å²) in [6.07, 6.45) is 7.68. The van der Waals surface area contributed by atoms with Gasteiger partial charge in [-0.05, 0) is 38.0 Å². The molecule has 4 unspecified atom stereocenters. The average molecular weight is 296 g/mol. The maximum Gasteiger partial charge on any atom is 0.317 e. The summed E-state index contributed by atoms with van der Waals surface area (Å²) in [5.74, 6) is -0.350. The molecule has 0 aromatic heterocycles. The molecule has 0 saturated heterocycles. The summed E-state index contributed by atoms with van der Waals surface area (Å²) in [7, 11) is 1.87. The molecule has 21 heavy (non-hydrogen) atoms. The van der Waals surface area contributed by atoms with Gasteiger partial charge in [0.05, 0.1) is 5.92 Å². The predicted molar refractivity (Wildman–Crippen MR) is 81.1 cm³/mol. The second-order valence-electron chi connectivity index (χ2n) is 6.88. The summed E-state index contributed by atoms with van der Waals surface area (Å²) >= 11 is 0. The van der Waals surface area contributed by atoms with E-state index in [4.69, 9.17) is 5.11 Å². The van der Waals surface area contributed by atoms with Gasteiger partial charge in [-0.2, -0.15) is 0 Å². The quantitative estimate of drug-likeness (QED) is 0.841. The highest BCUT2D eigenvalue weighted by Gasteiger charge is 2.30. The zero-order valence-electron chi connectivity index (χ0n) is 13.2. The van der Waals surface area contributed by atoms with Crippen LogP contribution in [-0.2, 0) is 4.79 Å². The molecule has 5 heteroatoms. The van der Waals surface area contributed by atoms with Crippen molar-refractivity contribution in [2.45, 2.75) is 70.4 Å². The number of carboxylic acids is 1. The number of nitrogens with zero attached hydrogens (tertiary/aromatic N) is 1. The van der Waals surface area contributed by atoms with Gasteiger partial charge in [-0.1, -0.05) is 26.2 Å². The maximum atomic E-state index is 12.4. The third kappa shape index (κ3) is 4.35. The number of nitrogens with one attached hydrogen (secondary N) is 1. The van der Waals surface area contributed by atoms with Crippen molar-refractivity contribution in [1.82, 2.24) is 10.2 Å². The Hall–Kier alpha value is -1.26. The molecule has 0 aromatic rings. The third-order valence-electron chi connectivity index (χ3n) is 5.13. The molecule has 4 atom stereocenters. The first-order valence-corrected chi connectivity index (χ1v) is 8.23. The standard InChI is InChI=1S/C16H28N2O3/c1-11-5-3-8-14(9-11)18(2)16(21)17-13-7-4-6-12(10-13)15(19)20/h11-14H,3-10H2,1-2H3,(H,17,21)(H,19,20). The lowest BCUT2D eigenvalue weighted by molar-refractivity contribution is -0.143. The van der Waals surface area contributed by atoms with E-state index in [1.54, 1.807) is 0 Å². The van der Waals surface area contributed by atoms with Gasteiger partial charge in [0.15, 0.2) is 0 Å². The molecule has 0 aromatic carbocycles. The Morgan fingerprint density at radius 2 is 1.81 bits per heavy atom. The average Bonchev–Trinajstić information content (AvgIpc) is 2.46. The minimum absolute atomic E-state index is 0.0100. The zero-order valence-corrected chi connectivity index (χ0v) is 13.2. The van der Waals surface area contributed by atoms with E-state index in [0.717, 1.165) is 32.1 Å². The van der Waals surface area contributed by atoms with Crippen LogP contribution in [-0.4, -0.2) is 41.1 Å². The second-order valence-corrected chi connectivity index (χ2v) is 6.88. The fourth-order valence-electron chi connectivity index (χ4n) is 3.74. The fourth-order valence-corrected chi connectivity index (χ4v) is 3.74. The first-order valence-electron chi connectivity index (χ1n) is 8.23. The molecule has 0 bridgehead atoms. The van der Waals surface area contributed by atoms with E-state index in [-0.39, 0.29) is 18.0 Å². The lowest BCUT2D eigenvalue weighted by Gasteiger charge is -2.36. The first kappa shape index (κ1) is 16.1. The number of hydrogen-bond acceptors (Lipinski definition) is 2. The Balaban J connectivity index is 1.84. The van der Waals surface area contributed by atoms with Gasteiger partial charge in [-0.15, -0.1) is 0 Å². The van der Waals surface area contributed by atoms with Crippen LogP contribution < -0.4 is 5.32 Å². The number of rotatable bonds is 3. The van der Waals surface area contributed by atoms with Gasteiger partial charge in [0.25, 0.3) is 0 Å². The highest BCUT2D eigenvalue weighted by atomic mass is 16.4. The minimum Gasteiger partial charge on any atom is -0.481 e. The smallest absolute Gasteiger partial charge is 0.317 e. The van der Waals surface area contributed by atoms with E-state index < -0.39 is 5.97 Å². The van der Waals surface area contributed by atoms with Crippen LogP contribution in [0.25, 0.3) is 0 Å². The highest BCUT2D eigenvalue weighted by Crippen LogP contribution is 2.28. The molecule has 0 heterocycles. The van der Waals surface area contributed by atoms with Crippen LogP contribution in [0.5, 0.6) is 0 Å². The number of hydrogen-bond donors (Lipinski definition) is 2. The molecular formula is C16H28N2O3. The van der Waals surface area contributed by atoms with Crippen molar-refractivity contribution in [2.75, 3.05) is 7.05 Å². The summed E-state index contributed by atoms with van der Waals surface area (Å²) in [6, 6.07) is 0.300. The van der Waals surface area contributed by atoms with Crippen molar-refractivity contribution < 1.29 is 14.7 Å². The monoisotopic (exact) mass is 296 g/mol. The lowest BCUT2D eigenvalue weighted by atomic mass is 9.85. The first-order chi connectivity index (χ1) is 9.97. The largest absolute Gasteiger partial charge is 0.481 e. The number of carboxylic acid groups (broad SMARTS) is 1. The van der Waals surface area contributed by atoms with Crippen LogP contribution in [0, 0.1) is 11.8 Å². The van der Waals surface area contributed by atoms with Gasteiger partial charge < -0.3 is 15.3 Å². The molecule has 0 radical (unpaired) electrons. The number of carbonyl (C=O) groups excluding carboxylic acids is 1. The number of aliphatic carboxylic acids is 1. The summed E-state index contributed by atoms with van der Waals surface area (Å²) in [5, 5.41) is 12.1. The van der Waals surface area contributed by atoms with Crippen molar-refractivity contribution in [3.05, 3.63) is 0 Å². The van der Waals surface area contributed by atoms with Gasteiger partial charge in [0.1, 0.15) is 0 Å². The molecule has 5 nitrogen and oxygen atoms in total. The number of carbonyl (C=O) groups is 2. The molecule has 2 N–H and O–H groups in total. The Bertz CT molecular complexity index is 386. The molecule has 0 aliphatic heterocycles. The predicted octanol–water partition coefficient (Wildman–Crippen LogP) is 2.85. The summed E-state index contributed by atoms with van der Waals surface area (Å²) < 4.78 is 0. The van der Waals surface area contributed by atoms with Gasteiger partial charge in [-0.3, -0.25) is 4.79 Å². The van der Waals surface area contributed by atoms with Crippen molar-refractivity contribution >= 4 is 12.0 Å². The molecule has 120 valence electrons. The van der Waals surface area contributed by atoms with Gasteiger partial charge in [0, 0.05) is 19.1 Å². The maximum absolute atomic E-state index is 12.4. The van der Waals surface area contributed by atoms with E-state index in [9.17, 15) is 9.59 Å². The third-order valence-corrected chi connectivity index (χ3v) is 5.13. The molecule has 2 aliphatic rings. The zero-order chi connectivity index (χ0) is 15.4. The van der Waals surface area contributed by atoms with E-state index in [1.165, 1.54) is 12.8 Å². The topological polar surface area (TPSA) is 69.6 Å². The van der Waals surface area contributed by atoms with Crippen molar-refractivity contribution in [3.8, 4) is 0 Å². The highest BCUT2D eigenvalue weighted by molar-refractivity contribution is 5.75. The van der Waals surface area contributed by atoms with Gasteiger partial charge in [0.2, 0.25) is 0 Å². The van der Waals surface area contributed by atoms with Crippen molar-refractivity contribution in [1.29, 1.82) is 0 Å². The number of urea groups is 1. The van der Waals surface area contributed by atoms with Gasteiger partial charge >= 0.3 is 12.0 Å². The molecule has 2 rings (SSSR count). The summed E-state index contributed by atoms with van der Waals surface area (Å²) in [5.41, 5.74) is 0. The van der Waals surface area contributed by atoms with Crippen LogP contribution in [0.2, 0.25) is 0 Å². The van der Waals surface area contributed by atoms with E-state index >= 15 is 0 Å². The minimum atomic E-state index is -0.733. The molecule has 0 spiro atoms. The second kappa shape index (κ2) is 7.14. The molecule has 2 amide bonds.